The van der Waals surface area contributed by atoms with Crippen LogP contribution in [0.3, 0.4) is 0 Å². The molecule has 1 saturated carbocycles. The number of piperidine rings is 1. The zero-order valence-electron chi connectivity index (χ0n) is 16.4. The Balaban J connectivity index is 1.18. The van der Waals surface area contributed by atoms with Crippen molar-refractivity contribution in [1.82, 2.24) is 25.0 Å². The van der Waals surface area contributed by atoms with Gasteiger partial charge in [-0.05, 0) is 42.9 Å². The van der Waals surface area contributed by atoms with Crippen molar-refractivity contribution >= 4 is 17.5 Å². The van der Waals surface area contributed by atoms with Crippen LogP contribution in [0, 0.1) is 17.8 Å². The minimum Gasteiger partial charge on any atom is -0.368 e. The van der Waals surface area contributed by atoms with E-state index in [4.69, 9.17) is 0 Å². The fourth-order valence-electron chi connectivity index (χ4n) is 5.07. The summed E-state index contributed by atoms with van der Waals surface area (Å²) in [6.45, 7) is 4.65. The lowest BCUT2D eigenvalue weighted by Crippen LogP contribution is -2.58. The summed E-state index contributed by atoms with van der Waals surface area (Å²) in [5.41, 5.74) is 1.69. The molecule has 3 aliphatic rings. The van der Waals surface area contributed by atoms with Crippen molar-refractivity contribution in [2.24, 2.45) is 17.8 Å². The van der Waals surface area contributed by atoms with E-state index in [0.29, 0.717) is 24.1 Å². The average Bonchev–Trinajstić information content (AvgIpc) is 3.30. The molecular weight excluding hydrogens is 368 g/mol. The van der Waals surface area contributed by atoms with E-state index in [0.717, 1.165) is 51.3 Å². The third-order valence-electron chi connectivity index (χ3n) is 6.83. The van der Waals surface area contributed by atoms with Gasteiger partial charge >= 0.3 is 0 Å². The lowest BCUT2D eigenvalue weighted by molar-refractivity contribution is -0.147. The van der Waals surface area contributed by atoms with Crippen LogP contribution in [0.15, 0.2) is 36.8 Å². The van der Waals surface area contributed by atoms with Gasteiger partial charge in [-0.15, -0.1) is 0 Å². The third kappa shape index (κ3) is 3.36. The number of rotatable bonds is 3. The van der Waals surface area contributed by atoms with E-state index in [1.807, 2.05) is 21.9 Å². The first-order chi connectivity index (χ1) is 14.2. The number of aromatic nitrogens is 3. The second-order valence-electron chi connectivity index (χ2n) is 8.29. The molecule has 2 saturated heterocycles. The van der Waals surface area contributed by atoms with Gasteiger partial charge in [-0.25, -0.2) is 0 Å². The molecule has 0 bridgehead atoms. The van der Waals surface area contributed by atoms with Crippen molar-refractivity contribution in [3.05, 3.63) is 42.5 Å². The van der Waals surface area contributed by atoms with Crippen LogP contribution < -0.4 is 4.90 Å². The number of aromatic amines is 1. The number of piperazine rings is 1. The predicted octanol–water partition coefficient (Wildman–Crippen LogP) is 1.25. The Bertz CT molecular complexity index is 863. The molecule has 8 heteroatoms. The molecule has 4 heterocycles. The van der Waals surface area contributed by atoms with E-state index >= 15 is 0 Å². The van der Waals surface area contributed by atoms with Crippen LogP contribution in [0.2, 0.25) is 0 Å². The minimum atomic E-state index is -0.00925. The molecule has 5 rings (SSSR count). The third-order valence-corrected chi connectivity index (χ3v) is 6.83. The second-order valence-corrected chi connectivity index (χ2v) is 8.29. The van der Waals surface area contributed by atoms with Crippen LogP contribution in [-0.4, -0.2) is 76.1 Å². The Morgan fingerprint density at radius 2 is 1.76 bits per heavy atom. The minimum absolute atomic E-state index is 0.00925. The normalized spacial score (nSPS) is 26.6. The van der Waals surface area contributed by atoms with Crippen molar-refractivity contribution in [1.29, 1.82) is 0 Å². The molecule has 0 aromatic carbocycles. The largest absolute Gasteiger partial charge is 0.368 e. The Morgan fingerprint density at radius 1 is 0.966 bits per heavy atom. The van der Waals surface area contributed by atoms with Crippen LogP contribution in [0.25, 0.3) is 0 Å². The molecule has 3 fully saturated rings. The maximum Gasteiger partial charge on any atom is 0.271 e. The van der Waals surface area contributed by atoms with Gasteiger partial charge in [0.1, 0.15) is 5.69 Å². The first-order valence-corrected chi connectivity index (χ1v) is 10.4. The van der Waals surface area contributed by atoms with Gasteiger partial charge in [0.25, 0.3) is 5.91 Å². The SMILES string of the molecule is O=C(c1ccn[nH]1)N1CC[C@@H]2C[C@@H](C(=O)N3CCN(c4ccncc4)CC3)[C@@H]2C1. The number of hydrogen-bond acceptors (Lipinski definition) is 5. The summed E-state index contributed by atoms with van der Waals surface area (Å²) >= 11 is 0. The van der Waals surface area contributed by atoms with E-state index in [1.54, 1.807) is 24.7 Å². The summed E-state index contributed by atoms with van der Waals surface area (Å²) in [6.07, 6.45) is 7.17. The smallest absolute Gasteiger partial charge is 0.271 e. The molecule has 2 amide bonds. The first-order valence-electron chi connectivity index (χ1n) is 10.4. The standard InChI is InChI=1S/C21H26N6O2/c28-20(26-11-9-25(10-12-26)16-1-5-22-6-2-16)17-13-15-4-8-27(14-18(15)17)21(29)19-3-7-23-24-19/h1-3,5-7,15,17-18H,4,8-14H2,(H,23,24)/t15-,17-,18-/m1/s1. The summed E-state index contributed by atoms with van der Waals surface area (Å²) < 4.78 is 0. The van der Waals surface area contributed by atoms with Gasteiger partial charge in [-0.3, -0.25) is 19.7 Å². The van der Waals surface area contributed by atoms with Gasteiger partial charge in [0.15, 0.2) is 0 Å². The highest BCUT2D eigenvalue weighted by Gasteiger charge is 2.49. The Hall–Kier alpha value is -2.90. The van der Waals surface area contributed by atoms with E-state index < -0.39 is 0 Å². The van der Waals surface area contributed by atoms with Crippen LogP contribution >= 0.6 is 0 Å². The van der Waals surface area contributed by atoms with Crippen LogP contribution in [0.4, 0.5) is 5.69 Å². The Kier molecular flexibility index (Phi) is 4.69. The summed E-state index contributed by atoms with van der Waals surface area (Å²) in [5, 5.41) is 6.63. The zero-order valence-corrected chi connectivity index (χ0v) is 16.4. The van der Waals surface area contributed by atoms with Gasteiger partial charge < -0.3 is 14.7 Å². The number of anilines is 1. The second kappa shape index (κ2) is 7.50. The van der Waals surface area contributed by atoms with Gasteiger partial charge in [0, 0.05) is 69.5 Å². The molecule has 29 heavy (non-hydrogen) atoms. The fourth-order valence-corrected chi connectivity index (χ4v) is 5.07. The molecular formula is C21H26N6O2. The van der Waals surface area contributed by atoms with Gasteiger partial charge in [-0.2, -0.15) is 5.10 Å². The number of pyridine rings is 1. The van der Waals surface area contributed by atoms with Crippen molar-refractivity contribution in [2.75, 3.05) is 44.2 Å². The number of carbonyl (C=O) groups excluding carboxylic acids is 2. The summed E-state index contributed by atoms with van der Waals surface area (Å²) in [5.74, 6) is 1.19. The molecule has 2 aliphatic heterocycles. The van der Waals surface area contributed by atoms with Crippen LogP contribution in [0.1, 0.15) is 23.3 Å². The number of H-pyrrole nitrogens is 1. The number of nitrogens with zero attached hydrogens (tertiary/aromatic N) is 5. The number of amides is 2. The number of hydrogen-bond donors (Lipinski definition) is 1. The van der Waals surface area contributed by atoms with E-state index in [9.17, 15) is 9.59 Å². The fraction of sp³-hybridized carbons (Fsp3) is 0.524. The Morgan fingerprint density at radius 3 is 2.48 bits per heavy atom. The van der Waals surface area contributed by atoms with E-state index in [2.05, 4.69) is 20.1 Å². The molecule has 8 nitrogen and oxygen atoms in total. The van der Waals surface area contributed by atoms with Crippen LogP contribution in [0.5, 0.6) is 0 Å². The first kappa shape index (κ1) is 18.1. The molecule has 1 aliphatic carbocycles. The number of nitrogens with one attached hydrogen (secondary N) is 1. The molecule has 2 aromatic rings. The Labute approximate surface area is 169 Å². The maximum absolute atomic E-state index is 13.2. The van der Waals surface area contributed by atoms with E-state index in [1.165, 1.54) is 0 Å². The zero-order chi connectivity index (χ0) is 19.8. The average molecular weight is 394 g/mol. The maximum atomic E-state index is 13.2. The van der Waals surface area contributed by atoms with Crippen molar-refractivity contribution < 1.29 is 9.59 Å². The number of carbonyl (C=O) groups is 2. The highest BCUT2D eigenvalue weighted by molar-refractivity contribution is 5.92. The molecule has 0 radical (unpaired) electrons. The summed E-state index contributed by atoms with van der Waals surface area (Å²) in [4.78, 5) is 36.1. The lowest BCUT2D eigenvalue weighted by atomic mass is 9.61. The van der Waals surface area contributed by atoms with Gasteiger partial charge in [-0.1, -0.05) is 0 Å². The van der Waals surface area contributed by atoms with Gasteiger partial charge in [0.05, 0.1) is 0 Å². The summed E-state index contributed by atoms with van der Waals surface area (Å²) in [6, 6.07) is 5.74. The monoisotopic (exact) mass is 394 g/mol. The molecule has 1 N–H and O–H groups in total. The highest BCUT2D eigenvalue weighted by Crippen LogP contribution is 2.46. The predicted molar refractivity (Wildman–Crippen MR) is 107 cm³/mol. The quantitative estimate of drug-likeness (QED) is 0.847. The number of likely N-dealkylation sites (tertiary alicyclic amines) is 1. The molecule has 152 valence electrons. The van der Waals surface area contributed by atoms with Crippen molar-refractivity contribution in [3.63, 3.8) is 0 Å². The van der Waals surface area contributed by atoms with Crippen LogP contribution in [-0.2, 0) is 4.79 Å². The van der Waals surface area contributed by atoms with E-state index in [-0.39, 0.29) is 17.7 Å². The van der Waals surface area contributed by atoms with Crippen molar-refractivity contribution in [2.45, 2.75) is 12.8 Å². The molecule has 0 unspecified atom stereocenters. The lowest BCUT2D eigenvalue weighted by Gasteiger charge is -2.51. The molecule has 3 atom stereocenters. The highest BCUT2D eigenvalue weighted by atomic mass is 16.2. The molecule has 0 spiro atoms. The summed E-state index contributed by atoms with van der Waals surface area (Å²) in [7, 11) is 0. The number of fused-ring (bicyclic) bond motifs is 1. The molecule has 2 aromatic heterocycles. The topological polar surface area (TPSA) is 85.4 Å². The van der Waals surface area contributed by atoms with Gasteiger partial charge in [0.2, 0.25) is 5.91 Å². The van der Waals surface area contributed by atoms with Crippen molar-refractivity contribution in [3.8, 4) is 0 Å².